The number of aliphatic hydroxyl groups excluding tert-OH is 1. The fourth-order valence-electron chi connectivity index (χ4n) is 3.81. The van der Waals surface area contributed by atoms with Gasteiger partial charge in [-0.1, -0.05) is 0 Å². The van der Waals surface area contributed by atoms with E-state index in [0.29, 0.717) is 17.6 Å². The quantitative estimate of drug-likeness (QED) is 0.874. The number of halogens is 1. The number of aryl methyl sites for hydroxylation is 1. The van der Waals surface area contributed by atoms with Gasteiger partial charge in [0.25, 0.3) is 0 Å². The Morgan fingerprint density at radius 1 is 1.30 bits per heavy atom. The number of aliphatic hydroxyl groups is 1. The molecule has 3 rings (SSSR count). The zero-order chi connectivity index (χ0) is 14.4. The predicted molar refractivity (Wildman–Crippen MR) is 78.3 cm³/mol. The summed E-state index contributed by atoms with van der Waals surface area (Å²) in [5.74, 6) is -0.189. The van der Waals surface area contributed by atoms with E-state index in [9.17, 15) is 9.50 Å². The third-order valence-electron chi connectivity index (χ3n) is 4.78. The monoisotopic (exact) mass is 278 g/mol. The van der Waals surface area contributed by atoms with Gasteiger partial charge in [-0.2, -0.15) is 0 Å². The number of hydrogen-bond donors (Lipinski definition) is 2. The molecule has 2 bridgehead atoms. The lowest BCUT2D eigenvalue weighted by Crippen LogP contribution is -2.45. The molecule has 3 N–H and O–H groups in total. The molecule has 20 heavy (non-hydrogen) atoms. The van der Waals surface area contributed by atoms with Crippen LogP contribution in [0.5, 0.6) is 0 Å². The van der Waals surface area contributed by atoms with Gasteiger partial charge in [-0.15, -0.1) is 0 Å². The van der Waals surface area contributed by atoms with Crippen LogP contribution in [0, 0.1) is 12.7 Å². The minimum Gasteiger partial charge on any atom is -0.393 e. The predicted octanol–water partition coefficient (Wildman–Crippen LogP) is 2.65. The lowest BCUT2D eigenvalue weighted by atomic mass is 9.95. The van der Waals surface area contributed by atoms with Crippen LogP contribution in [-0.4, -0.2) is 23.3 Å². The van der Waals surface area contributed by atoms with Crippen LogP contribution in [0.3, 0.4) is 0 Å². The molecule has 1 aromatic carbocycles. The molecule has 0 aliphatic carbocycles. The Kier molecular flexibility index (Phi) is 3.46. The molecule has 2 fully saturated rings. The number of hydrogen-bond acceptors (Lipinski definition) is 3. The second-order valence-electron chi connectivity index (χ2n) is 6.37. The molecule has 2 aliphatic rings. The van der Waals surface area contributed by atoms with E-state index in [2.05, 4.69) is 4.90 Å². The van der Waals surface area contributed by atoms with E-state index < -0.39 is 0 Å². The highest BCUT2D eigenvalue weighted by Crippen LogP contribution is 2.42. The number of anilines is 1. The second-order valence-corrected chi connectivity index (χ2v) is 6.37. The first-order valence-corrected chi connectivity index (χ1v) is 7.49. The van der Waals surface area contributed by atoms with Gasteiger partial charge in [0.1, 0.15) is 5.82 Å². The number of benzene rings is 1. The standard InChI is InChI=1S/C16H23FN2O/c1-9-5-16(14(10(2)18)8-15(9)17)19-11-3-4-12(19)7-13(20)6-11/h5,8,10-13,20H,3-4,6-7,18H2,1-2H3/t10-,11?,12?,13?/m0/s1. The van der Waals surface area contributed by atoms with E-state index >= 15 is 0 Å². The summed E-state index contributed by atoms with van der Waals surface area (Å²) in [7, 11) is 0. The summed E-state index contributed by atoms with van der Waals surface area (Å²) in [5, 5.41) is 9.92. The molecular weight excluding hydrogens is 255 g/mol. The highest BCUT2D eigenvalue weighted by atomic mass is 19.1. The Morgan fingerprint density at radius 2 is 1.90 bits per heavy atom. The summed E-state index contributed by atoms with van der Waals surface area (Å²) in [4.78, 5) is 2.39. The molecule has 110 valence electrons. The minimum atomic E-state index is -0.191. The van der Waals surface area contributed by atoms with Gasteiger partial charge in [0.15, 0.2) is 0 Å². The molecule has 0 spiro atoms. The fraction of sp³-hybridized carbons (Fsp3) is 0.625. The van der Waals surface area contributed by atoms with E-state index in [1.807, 2.05) is 13.0 Å². The van der Waals surface area contributed by atoms with Crippen molar-refractivity contribution in [1.82, 2.24) is 0 Å². The van der Waals surface area contributed by atoms with Crippen LogP contribution in [0.2, 0.25) is 0 Å². The highest BCUT2D eigenvalue weighted by Gasteiger charge is 2.41. The molecule has 0 radical (unpaired) electrons. The van der Waals surface area contributed by atoms with Crippen molar-refractivity contribution in [3.63, 3.8) is 0 Å². The van der Waals surface area contributed by atoms with Gasteiger partial charge in [0.05, 0.1) is 6.10 Å². The van der Waals surface area contributed by atoms with Crippen molar-refractivity contribution in [3.8, 4) is 0 Å². The summed E-state index contributed by atoms with van der Waals surface area (Å²) >= 11 is 0. The maximum Gasteiger partial charge on any atom is 0.126 e. The Hall–Kier alpha value is -1.13. The zero-order valence-electron chi connectivity index (χ0n) is 12.1. The number of fused-ring (bicyclic) bond motifs is 2. The molecule has 3 nitrogen and oxygen atoms in total. The van der Waals surface area contributed by atoms with E-state index in [1.54, 1.807) is 13.0 Å². The summed E-state index contributed by atoms with van der Waals surface area (Å²) in [6.07, 6.45) is 3.65. The van der Waals surface area contributed by atoms with Crippen molar-refractivity contribution >= 4 is 5.69 Å². The fourth-order valence-corrected chi connectivity index (χ4v) is 3.81. The normalized spacial score (nSPS) is 30.6. The third kappa shape index (κ3) is 2.21. The first-order valence-electron chi connectivity index (χ1n) is 7.49. The highest BCUT2D eigenvalue weighted by molar-refractivity contribution is 5.59. The van der Waals surface area contributed by atoms with Crippen LogP contribution < -0.4 is 10.6 Å². The number of nitrogens with two attached hydrogens (primary N) is 1. The van der Waals surface area contributed by atoms with E-state index in [-0.39, 0.29) is 18.0 Å². The molecule has 2 aliphatic heterocycles. The van der Waals surface area contributed by atoms with Crippen LogP contribution >= 0.6 is 0 Å². The van der Waals surface area contributed by atoms with E-state index in [1.165, 1.54) is 0 Å². The van der Waals surface area contributed by atoms with Crippen molar-refractivity contribution in [2.75, 3.05) is 4.90 Å². The van der Waals surface area contributed by atoms with Crippen molar-refractivity contribution in [1.29, 1.82) is 0 Å². The molecule has 0 amide bonds. The largest absolute Gasteiger partial charge is 0.393 e. The van der Waals surface area contributed by atoms with Gasteiger partial charge in [-0.25, -0.2) is 4.39 Å². The van der Waals surface area contributed by atoms with E-state index in [0.717, 1.165) is 36.9 Å². The number of rotatable bonds is 2. The number of piperidine rings is 1. The zero-order valence-corrected chi connectivity index (χ0v) is 12.1. The van der Waals surface area contributed by atoms with Crippen molar-refractivity contribution in [2.45, 2.75) is 63.8 Å². The van der Waals surface area contributed by atoms with Gasteiger partial charge in [0.2, 0.25) is 0 Å². The van der Waals surface area contributed by atoms with Crippen LogP contribution in [0.15, 0.2) is 12.1 Å². The summed E-state index contributed by atoms with van der Waals surface area (Å²) < 4.78 is 13.8. The minimum absolute atomic E-state index is 0.189. The van der Waals surface area contributed by atoms with Crippen LogP contribution in [-0.2, 0) is 0 Å². The molecule has 3 atom stereocenters. The van der Waals surface area contributed by atoms with Crippen molar-refractivity contribution < 1.29 is 9.50 Å². The average Bonchev–Trinajstić information content (AvgIpc) is 2.64. The Labute approximate surface area is 119 Å². The second kappa shape index (κ2) is 5.01. The molecule has 4 heteroatoms. The van der Waals surface area contributed by atoms with Crippen LogP contribution in [0.25, 0.3) is 0 Å². The molecule has 0 saturated carbocycles. The molecule has 2 heterocycles. The average molecular weight is 278 g/mol. The van der Waals surface area contributed by atoms with E-state index in [4.69, 9.17) is 5.73 Å². The summed E-state index contributed by atoms with van der Waals surface area (Å²) in [5.41, 5.74) is 8.64. The summed E-state index contributed by atoms with van der Waals surface area (Å²) in [6, 6.07) is 4.06. The Bertz CT molecular complexity index is 503. The lowest BCUT2D eigenvalue weighted by Gasteiger charge is -2.40. The van der Waals surface area contributed by atoms with Crippen LogP contribution in [0.4, 0.5) is 10.1 Å². The smallest absolute Gasteiger partial charge is 0.126 e. The van der Waals surface area contributed by atoms with Crippen molar-refractivity contribution in [2.24, 2.45) is 5.73 Å². The maximum absolute atomic E-state index is 13.8. The molecule has 2 unspecified atom stereocenters. The van der Waals surface area contributed by atoms with Gasteiger partial charge in [-0.05, 0) is 62.8 Å². The maximum atomic E-state index is 13.8. The lowest BCUT2D eigenvalue weighted by molar-refractivity contribution is 0.126. The first-order chi connectivity index (χ1) is 9.47. The Balaban J connectivity index is 2.04. The van der Waals surface area contributed by atoms with Gasteiger partial charge in [0, 0.05) is 23.8 Å². The first kappa shape index (κ1) is 13.8. The Morgan fingerprint density at radius 3 is 2.45 bits per heavy atom. The van der Waals surface area contributed by atoms with Crippen molar-refractivity contribution in [3.05, 3.63) is 29.1 Å². The SMILES string of the molecule is Cc1cc(N2C3CCC2CC(O)C3)c([C@H](C)N)cc1F. The summed E-state index contributed by atoms with van der Waals surface area (Å²) in [6.45, 7) is 3.69. The number of nitrogens with zero attached hydrogens (tertiary/aromatic N) is 1. The molecular formula is C16H23FN2O. The van der Waals surface area contributed by atoms with Gasteiger partial charge >= 0.3 is 0 Å². The molecule has 2 saturated heterocycles. The van der Waals surface area contributed by atoms with Gasteiger partial charge < -0.3 is 15.7 Å². The van der Waals surface area contributed by atoms with Crippen LogP contribution in [0.1, 0.15) is 49.8 Å². The third-order valence-corrected chi connectivity index (χ3v) is 4.78. The molecule has 1 aromatic rings. The molecule has 0 aromatic heterocycles. The van der Waals surface area contributed by atoms with Gasteiger partial charge in [-0.3, -0.25) is 0 Å². The topological polar surface area (TPSA) is 49.5 Å².